The van der Waals surface area contributed by atoms with Gasteiger partial charge in [-0.2, -0.15) is 0 Å². The zero-order valence-corrected chi connectivity index (χ0v) is 6.80. The van der Waals surface area contributed by atoms with Gasteiger partial charge in [0.25, 0.3) is 0 Å². The third-order valence-corrected chi connectivity index (χ3v) is 1.29. The fourth-order valence-electron chi connectivity index (χ4n) is 0.332. The van der Waals surface area contributed by atoms with Gasteiger partial charge in [-0.3, -0.25) is 0 Å². The van der Waals surface area contributed by atoms with Gasteiger partial charge in [0.2, 0.25) is 0 Å². The largest absolute Gasteiger partial charge is 0.395 e. The molecule has 0 aliphatic carbocycles. The summed E-state index contributed by atoms with van der Waals surface area (Å²) < 4.78 is 5.01. The SMILES string of the molecule is C=CCOCC(Br)CO. The first-order chi connectivity index (χ1) is 4.31. The van der Waals surface area contributed by atoms with E-state index >= 15 is 0 Å². The van der Waals surface area contributed by atoms with Crippen molar-refractivity contribution < 1.29 is 9.84 Å². The van der Waals surface area contributed by atoms with E-state index < -0.39 is 0 Å². The maximum Gasteiger partial charge on any atom is 0.0645 e. The standard InChI is InChI=1S/C6H11BrO2/c1-2-3-9-5-6(7)4-8/h2,6,8H,1,3-5H2. The van der Waals surface area contributed by atoms with Crippen LogP contribution < -0.4 is 0 Å². The summed E-state index contributed by atoms with van der Waals surface area (Å²) in [6.07, 6.45) is 1.68. The van der Waals surface area contributed by atoms with E-state index in [-0.39, 0.29) is 11.4 Å². The van der Waals surface area contributed by atoms with Gasteiger partial charge in [-0.1, -0.05) is 22.0 Å². The molecule has 54 valence electrons. The molecule has 0 fully saturated rings. The van der Waals surface area contributed by atoms with Crippen LogP contribution in [0.4, 0.5) is 0 Å². The Bertz CT molecular complexity index is 75.5. The second-order valence-corrected chi connectivity index (χ2v) is 2.90. The molecule has 0 rings (SSSR count). The first-order valence-corrected chi connectivity index (χ1v) is 3.66. The molecule has 0 aromatic heterocycles. The zero-order valence-electron chi connectivity index (χ0n) is 5.22. The smallest absolute Gasteiger partial charge is 0.0645 e. The zero-order chi connectivity index (χ0) is 7.11. The lowest BCUT2D eigenvalue weighted by molar-refractivity contribution is 0.145. The summed E-state index contributed by atoms with van der Waals surface area (Å²) in [5, 5.41) is 8.48. The van der Waals surface area contributed by atoms with Crippen molar-refractivity contribution in [1.29, 1.82) is 0 Å². The van der Waals surface area contributed by atoms with E-state index in [0.29, 0.717) is 13.2 Å². The Morgan fingerprint density at radius 1 is 1.78 bits per heavy atom. The summed E-state index contributed by atoms with van der Waals surface area (Å²) in [6, 6.07) is 0. The van der Waals surface area contributed by atoms with Gasteiger partial charge in [0.05, 0.1) is 24.6 Å². The van der Waals surface area contributed by atoms with Crippen LogP contribution in [0.1, 0.15) is 0 Å². The maximum absolute atomic E-state index is 8.48. The molecule has 9 heavy (non-hydrogen) atoms. The van der Waals surface area contributed by atoms with Gasteiger partial charge in [0.15, 0.2) is 0 Å². The van der Waals surface area contributed by atoms with E-state index in [4.69, 9.17) is 9.84 Å². The molecule has 0 aromatic rings. The van der Waals surface area contributed by atoms with Crippen molar-refractivity contribution in [2.75, 3.05) is 19.8 Å². The summed E-state index contributed by atoms with van der Waals surface area (Å²) in [5.41, 5.74) is 0. The average molecular weight is 195 g/mol. The van der Waals surface area contributed by atoms with E-state index in [9.17, 15) is 0 Å². The van der Waals surface area contributed by atoms with Crippen LogP contribution in [0.15, 0.2) is 12.7 Å². The Balaban J connectivity index is 2.96. The first kappa shape index (κ1) is 9.14. The molecular formula is C6H11BrO2. The highest BCUT2D eigenvalue weighted by Gasteiger charge is 1.98. The van der Waals surface area contributed by atoms with Crippen molar-refractivity contribution in [2.45, 2.75) is 4.83 Å². The minimum absolute atomic E-state index is 0.0532. The van der Waals surface area contributed by atoms with Crippen molar-refractivity contribution in [3.8, 4) is 0 Å². The molecule has 0 radical (unpaired) electrons. The number of aliphatic hydroxyl groups is 1. The summed E-state index contributed by atoms with van der Waals surface area (Å²) in [5.74, 6) is 0. The number of aliphatic hydroxyl groups excluding tert-OH is 1. The molecule has 0 spiro atoms. The van der Waals surface area contributed by atoms with Crippen LogP contribution in [0.3, 0.4) is 0 Å². The maximum atomic E-state index is 8.48. The third-order valence-electron chi connectivity index (χ3n) is 0.733. The van der Waals surface area contributed by atoms with Gasteiger partial charge in [-0.15, -0.1) is 6.58 Å². The van der Waals surface area contributed by atoms with Crippen LogP contribution in [-0.2, 0) is 4.74 Å². The molecule has 0 aliphatic heterocycles. The van der Waals surface area contributed by atoms with E-state index in [0.717, 1.165) is 0 Å². The second-order valence-electron chi connectivity index (χ2n) is 1.61. The number of halogens is 1. The molecule has 0 saturated heterocycles. The lowest BCUT2D eigenvalue weighted by atomic mass is 10.5. The van der Waals surface area contributed by atoms with Crippen LogP contribution in [0.2, 0.25) is 0 Å². The molecular weight excluding hydrogens is 184 g/mol. The third kappa shape index (κ3) is 6.02. The van der Waals surface area contributed by atoms with Crippen molar-refractivity contribution in [1.82, 2.24) is 0 Å². The molecule has 1 unspecified atom stereocenters. The molecule has 0 bridgehead atoms. The highest BCUT2D eigenvalue weighted by Crippen LogP contribution is 1.97. The molecule has 1 N–H and O–H groups in total. The Labute approximate surface area is 63.6 Å². The molecule has 0 aromatic carbocycles. The lowest BCUT2D eigenvalue weighted by Crippen LogP contribution is -2.12. The Hall–Kier alpha value is 0.140. The van der Waals surface area contributed by atoms with Crippen LogP contribution in [0, 0.1) is 0 Å². The van der Waals surface area contributed by atoms with Gasteiger partial charge in [0, 0.05) is 0 Å². The minimum atomic E-state index is 0.0532. The van der Waals surface area contributed by atoms with Gasteiger partial charge in [-0.05, 0) is 0 Å². The quantitative estimate of drug-likeness (QED) is 0.402. The molecule has 0 amide bonds. The highest BCUT2D eigenvalue weighted by atomic mass is 79.9. The van der Waals surface area contributed by atoms with E-state index in [1.165, 1.54) is 0 Å². The number of ether oxygens (including phenoxy) is 1. The average Bonchev–Trinajstić information content (AvgIpc) is 1.89. The van der Waals surface area contributed by atoms with Gasteiger partial charge in [-0.25, -0.2) is 0 Å². The minimum Gasteiger partial charge on any atom is -0.395 e. The predicted molar refractivity (Wildman–Crippen MR) is 40.8 cm³/mol. The molecule has 0 heterocycles. The van der Waals surface area contributed by atoms with Crippen molar-refractivity contribution in [3.05, 3.63) is 12.7 Å². The van der Waals surface area contributed by atoms with E-state index in [1.54, 1.807) is 6.08 Å². The Morgan fingerprint density at radius 2 is 2.44 bits per heavy atom. The van der Waals surface area contributed by atoms with Crippen molar-refractivity contribution in [3.63, 3.8) is 0 Å². The van der Waals surface area contributed by atoms with Gasteiger partial charge < -0.3 is 9.84 Å². The molecule has 0 aliphatic rings. The molecule has 0 saturated carbocycles. The number of hydrogen-bond acceptors (Lipinski definition) is 2. The van der Waals surface area contributed by atoms with Crippen molar-refractivity contribution >= 4 is 15.9 Å². The van der Waals surface area contributed by atoms with Crippen molar-refractivity contribution in [2.24, 2.45) is 0 Å². The Kier molecular flexibility index (Phi) is 6.36. The van der Waals surface area contributed by atoms with E-state index in [2.05, 4.69) is 22.5 Å². The summed E-state index contributed by atoms with van der Waals surface area (Å²) in [6.45, 7) is 4.66. The monoisotopic (exact) mass is 194 g/mol. The summed E-state index contributed by atoms with van der Waals surface area (Å²) in [7, 11) is 0. The van der Waals surface area contributed by atoms with E-state index in [1.807, 2.05) is 0 Å². The fourth-order valence-corrected chi connectivity index (χ4v) is 0.519. The number of alkyl halides is 1. The van der Waals surface area contributed by atoms with Gasteiger partial charge >= 0.3 is 0 Å². The molecule has 1 atom stereocenters. The number of hydrogen-bond donors (Lipinski definition) is 1. The molecule has 3 heteroatoms. The van der Waals surface area contributed by atoms with Crippen LogP contribution in [-0.4, -0.2) is 29.8 Å². The first-order valence-electron chi connectivity index (χ1n) is 2.74. The summed E-state index contributed by atoms with van der Waals surface area (Å²) >= 11 is 3.20. The number of rotatable bonds is 5. The molecule has 2 nitrogen and oxygen atoms in total. The second kappa shape index (κ2) is 6.26. The topological polar surface area (TPSA) is 29.5 Å². The highest BCUT2D eigenvalue weighted by molar-refractivity contribution is 9.09. The van der Waals surface area contributed by atoms with Crippen LogP contribution in [0.25, 0.3) is 0 Å². The lowest BCUT2D eigenvalue weighted by Gasteiger charge is -2.03. The van der Waals surface area contributed by atoms with Crippen LogP contribution in [0.5, 0.6) is 0 Å². The predicted octanol–water partition coefficient (Wildman–Crippen LogP) is 0.945. The van der Waals surface area contributed by atoms with Gasteiger partial charge in [0.1, 0.15) is 0 Å². The normalized spacial score (nSPS) is 13.1. The summed E-state index contributed by atoms with van der Waals surface area (Å²) in [4.78, 5) is 0.0532. The Morgan fingerprint density at radius 3 is 2.89 bits per heavy atom. The fraction of sp³-hybridized carbons (Fsp3) is 0.667. The van der Waals surface area contributed by atoms with Crippen LogP contribution >= 0.6 is 15.9 Å².